The average molecular weight is 268 g/mol. The minimum atomic E-state index is -0.258. The van der Waals surface area contributed by atoms with Gasteiger partial charge in [-0.2, -0.15) is 0 Å². The summed E-state index contributed by atoms with van der Waals surface area (Å²) in [7, 11) is 0. The molecule has 2 nitrogen and oxygen atoms in total. The number of ether oxygens (including phenoxy) is 1. The Labute approximate surface area is 119 Å². The Bertz CT molecular complexity index is 279. The Hall–Kier alpha value is -0.790. The highest BCUT2D eigenvalue weighted by atomic mass is 16.5. The smallest absolute Gasteiger partial charge is 0.333 e. The van der Waals surface area contributed by atoms with Gasteiger partial charge in [0.15, 0.2) is 0 Å². The fourth-order valence-corrected chi connectivity index (χ4v) is 2.37. The van der Waals surface area contributed by atoms with Crippen molar-refractivity contribution < 1.29 is 9.53 Å². The molecule has 0 radical (unpaired) electrons. The second kappa shape index (κ2) is 9.17. The largest absolute Gasteiger partial charge is 0.458 e. The van der Waals surface area contributed by atoms with Crippen LogP contribution in [0.2, 0.25) is 0 Å². The van der Waals surface area contributed by atoms with E-state index in [9.17, 15) is 4.79 Å². The standard InChI is InChI=1S/C17H32O2/c1-7-9-10-11-12-13-17(5,6)15(8-2)19-16(18)14(3)4/h15H,3,7-13H2,1-2,4-6H3. The van der Waals surface area contributed by atoms with Gasteiger partial charge in [-0.25, -0.2) is 4.79 Å². The van der Waals surface area contributed by atoms with Crippen LogP contribution in [0.4, 0.5) is 0 Å². The van der Waals surface area contributed by atoms with Crippen molar-refractivity contribution in [3.63, 3.8) is 0 Å². The van der Waals surface area contributed by atoms with E-state index in [1.54, 1.807) is 6.92 Å². The van der Waals surface area contributed by atoms with E-state index in [1.807, 2.05) is 0 Å². The Kier molecular flexibility index (Phi) is 8.79. The van der Waals surface area contributed by atoms with Gasteiger partial charge in [-0.3, -0.25) is 0 Å². The van der Waals surface area contributed by atoms with Crippen LogP contribution < -0.4 is 0 Å². The molecule has 0 aromatic rings. The minimum Gasteiger partial charge on any atom is -0.458 e. The van der Waals surface area contributed by atoms with Crippen LogP contribution in [0.15, 0.2) is 12.2 Å². The number of carbonyl (C=O) groups excluding carboxylic acids is 1. The van der Waals surface area contributed by atoms with E-state index in [0.717, 1.165) is 12.8 Å². The van der Waals surface area contributed by atoms with Crippen molar-refractivity contribution in [2.75, 3.05) is 0 Å². The molecule has 0 aromatic heterocycles. The topological polar surface area (TPSA) is 26.3 Å². The summed E-state index contributed by atoms with van der Waals surface area (Å²) in [4.78, 5) is 11.7. The zero-order valence-electron chi connectivity index (χ0n) is 13.6. The summed E-state index contributed by atoms with van der Waals surface area (Å²) in [5, 5.41) is 0. The first-order valence-electron chi connectivity index (χ1n) is 7.71. The molecule has 0 saturated carbocycles. The van der Waals surface area contributed by atoms with Gasteiger partial charge in [-0.1, -0.05) is 66.4 Å². The highest BCUT2D eigenvalue weighted by molar-refractivity contribution is 5.87. The molecule has 0 rings (SSSR count). The Balaban J connectivity index is 4.24. The van der Waals surface area contributed by atoms with Crippen molar-refractivity contribution in [3.05, 3.63) is 12.2 Å². The SMILES string of the molecule is C=C(C)C(=O)OC(CC)C(C)(C)CCCCCCC. The number of unbranched alkanes of at least 4 members (excludes halogenated alkanes) is 4. The van der Waals surface area contributed by atoms with Gasteiger partial charge in [0.25, 0.3) is 0 Å². The zero-order chi connectivity index (χ0) is 14.9. The second-order valence-electron chi connectivity index (χ2n) is 6.24. The molecular formula is C17H32O2. The zero-order valence-corrected chi connectivity index (χ0v) is 13.6. The minimum absolute atomic E-state index is 0.0112. The summed E-state index contributed by atoms with van der Waals surface area (Å²) in [6.07, 6.45) is 8.37. The summed E-state index contributed by atoms with van der Waals surface area (Å²) in [5.41, 5.74) is 0.531. The predicted octanol–water partition coefficient (Wildman–Crippen LogP) is 5.27. The summed E-state index contributed by atoms with van der Waals surface area (Å²) in [6, 6.07) is 0. The van der Waals surface area contributed by atoms with Crippen LogP contribution in [0.25, 0.3) is 0 Å². The number of esters is 1. The lowest BCUT2D eigenvalue weighted by Crippen LogP contribution is -2.33. The summed E-state index contributed by atoms with van der Waals surface area (Å²) in [6.45, 7) is 14.1. The van der Waals surface area contributed by atoms with Crippen molar-refractivity contribution >= 4 is 5.97 Å². The van der Waals surface area contributed by atoms with E-state index in [4.69, 9.17) is 4.74 Å². The maximum Gasteiger partial charge on any atom is 0.333 e. The van der Waals surface area contributed by atoms with E-state index < -0.39 is 0 Å². The van der Waals surface area contributed by atoms with Gasteiger partial charge < -0.3 is 4.74 Å². The monoisotopic (exact) mass is 268 g/mol. The first-order chi connectivity index (χ1) is 8.85. The van der Waals surface area contributed by atoms with Crippen molar-refractivity contribution in [2.45, 2.75) is 85.7 Å². The number of carbonyl (C=O) groups is 1. The summed E-state index contributed by atoms with van der Waals surface area (Å²) < 4.78 is 5.57. The lowest BCUT2D eigenvalue weighted by atomic mass is 9.80. The molecule has 112 valence electrons. The van der Waals surface area contributed by atoms with Crippen LogP contribution in [-0.2, 0) is 9.53 Å². The van der Waals surface area contributed by atoms with Crippen LogP contribution in [0.3, 0.4) is 0 Å². The van der Waals surface area contributed by atoms with Crippen molar-refractivity contribution in [2.24, 2.45) is 5.41 Å². The molecule has 0 heterocycles. The predicted molar refractivity (Wildman–Crippen MR) is 82.1 cm³/mol. The van der Waals surface area contributed by atoms with Crippen LogP contribution in [0.5, 0.6) is 0 Å². The van der Waals surface area contributed by atoms with Gasteiger partial charge in [0.05, 0.1) is 0 Å². The molecule has 1 atom stereocenters. The summed E-state index contributed by atoms with van der Waals surface area (Å²) >= 11 is 0. The Morgan fingerprint density at radius 1 is 1.16 bits per heavy atom. The number of rotatable bonds is 10. The van der Waals surface area contributed by atoms with Crippen molar-refractivity contribution in [3.8, 4) is 0 Å². The van der Waals surface area contributed by atoms with E-state index in [-0.39, 0.29) is 17.5 Å². The van der Waals surface area contributed by atoms with Crippen molar-refractivity contribution in [1.29, 1.82) is 0 Å². The highest BCUT2D eigenvalue weighted by Crippen LogP contribution is 2.32. The molecule has 0 fully saturated rings. The molecule has 0 aliphatic heterocycles. The van der Waals surface area contributed by atoms with Crippen LogP contribution >= 0.6 is 0 Å². The molecule has 0 amide bonds. The molecule has 0 aliphatic carbocycles. The third-order valence-corrected chi connectivity index (χ3v) is 3.76. The normalized spacial score (nSPS) is 13.1. The molecule has 0 aromatic carbocycles. The van der Waals surface area contributed by atoms with E-state index >= 15 is 0 Å². The summed E-state index contributed by atoms with van der Waals surface area (Å²) in [5.74, 6) is -0.258. The maximum absolute atomic E-state index is 11.7. The van der Waals surface area contributed by atoms with Crippen molar-refractivity contribution in [1.82, 2.24) is 0 Å². The molecule has 0 N–H and O–H groups in total. The van der Waals surface area contributed by atoms with Gasteiger partial charge in [0, 0.05) is 11.0 Å². The van der Waals surface area contributed by atoms with E-state index in [1.165, 1.54) is 32.1 Å². The Morgan fingerprint density at radius 3 is 2.21 bits per heavy atom. The quantitative estimate of drug-likeness (QED) is 0.306. The van der Waals surface area contributed by atoms with Crippen LogP contribution in [0, 0.1) is 5.41 Å². The molecule has 0 aliphatic rings. The molecule has 2 heteroatoms. The number of hydrogen-bond acceptors (Lipinski definition) is 2. The van der Waals surface area contributed by atoms with Crippen LogP contribution in [0.1, 0.15) is 79.6 Å². The molecule has 1 unspecified atom stereocenters. The highest BCUT2D eigenvalue weighted by Gasteiger charge is 2.30. The molecule has 0 saturated heterocycles. The fraction of sp³-hybridized carbons (Fsp3) is 0.824. The van der Waals surface area contributed by atoms with Gasteiger partial charge in [0.1, 0.15) is 6.10 Å². The first kappa shape index (κ1) is 18.2. The van der Waals surface area contributed by atoms with Gasteiger partial charge in [-0.15, -0.1) is 0 Å². The lowest BCUT2D eigenvalue weighted by molar-refractivity contribution is -0.151. The van der Waals surface area contributed by atoms with E-state index in [0.29, 0.717) is 5.57 Å². The third kappa shape index (κ3) is 7.39. The molecule has 0 spiro atoms. The van der Waals surface area contributed by atoms with Crippen LogP contribution in [-0.4, -0.2) is 12.1 Å². The van der Waals surface area contributed by atoms with Gasteiger partial charge in [0.2, 0.25) is 0 Å². The molecular weight excluding hydrogens is 236 g/mol. The number of hydrogen-bond donors (Lipinski definition) is 0. The maximum atomic E-state index is 11.7. The average Bonchev–Trinajstić information content (AvgIpc) is 2.34. The molecule has 19 heavy (non-hydrogen) atoms. The third-order valence-electron chi connectivity index (χ3n) is 3.76. The van der Waals surface area contributed by atoms with Gasteiger partial charge >= 0.3 is 5.97 Å². The van der Waals surface area contributed by atoms with Gasteiger partial charge in [-0.05, 0) is 19.8 Å². The fourth-order valence-electron chi connectivity index (χ4n) is 2.37. The second-order valence-corrected chi connectivity index (χ2v) is 6.24. The Morgan fingerprint density at radius 2 is 1.74 bits per heavy atom. The first-order valence-corrected chi connectivity index (χ1v) is 7.71. The lowest BCUT2D eigenvalue weighted by Gasteiger charge is -2.33. The van der Waals surface area contributed by atoms with E-state index in [2.05, 4.69) is 34.3 Å². The molecule has 0 bridgehead atoms.